The summed E-state index contributed by atoms with van der Waals surface area (Å²) in [4.78, 5) is 15.4. The van der Waals surface area contributed by atoms with E-state index in [9.17, 15) is 9.90 Å². The zero-order chi connectivity index (χ0) is 13.4. The third-order valence-electron chi connectivity index (χ3n) is 3.01. The average molecular weight is 253 g/mol. The van der Waals surface area contributed by atoms with Gasteiger partial charge in [0.15, 0.2) is 0 Å². The van der Waals surface area contributed by atoms with E-state index in [2.05, 4.69) is 4.98 Å². The zero-order valence-electron chi connectivity index (χ0n) is 10.3. The normalized spacial score (nSPS) is 10.8. The molecule has 3 rings (SSSR count). The largest absolute Gasteiger partial charge is 0.478 e. The van der Waals surface area contributed by atoms with E-state index in [-0.39, 0.29) is 5.56 Å². The molecule has 19 heavy (non-hydrogen) atoms. The molecule has 4 heteroatoms. The van der Waals surface area contributed by atoms with Crippen LogP contribution in [-0.2, 0) is 0 Å². The maximum atomic E-state index is 11.2. The Kier molecular flexibility index (Phi) is 2.56. The summed E-state index contributed by atoms with van der Waals surface area (Å²) in [5.41, 5.74) is 1.08. The molecular formula is C15H11NO3. The molecule has 0 amide bonds. The Hall–Kier alpha value is -2.62. The van der Waals surface area contributed by atoms with Crippen LogP contribution in [-0.4, -0.2) is 16.1 Å². The van der Waals surface area contributed by atoms with Crippen LogP contribution in [0.4, 0.5) is 0 Å². The standard InChI is InChI=1S/C15H11NO3/c1-9-8-16-14(19-9)12-6-7-13(15(17)18)11-5-3-2-4-10(11)12/h2-8H,1H3,(H,17,18). The second kappa shape index (κ2) is 4.24. The van der Waals surface area contributed by atoms with Crippen molar-refractivity contribution in [2.24, 2.45) is 0 Å². The highest BCUT2D eigenvalue weighted by Gasteiger charge is 2.14. The van der Waals surface area contributed by atoms with Gasteiger partial charge in [0.2, 0.25) is 5.89 Å². The maximum Gasteiger partial charge on any atom is 0.336 e. The van der Waals surface area contributed by atoms with Crippen LogP contribution in [0.15, 0.2) is 47.0 Å². The SMILES string of the molecule is Cc1cnc(-c2ccc(C(=O)O)c3ccccc23)o1. The van der Waals surface area contributed by atoms with Gasteiger partial charge < -0.3 is 9.52 Å². The lowest BCUT2D eigenvalue weighted by Gasteiger charge is -2.06. The molecule has 4 nitrogen and oxygen atoms in total. The number of aromatic carboxylic acids is 1. The molecule has 0 saturated carbocycles. The molecule has 94 valence electrons. The molecule has 0 aliphatic heterocycles. The number of oxazole rings is 1. The molecule has 1 N–H and O–H groups in total. The number of carboxylic acid groups (broad SMARTS) is 1. The first-order valence-corrected chi connectivity index (χ1v) is 5.84. The molecule has 0 aliphatic rings. The highest BCUT2D eigenvalue weighted by atomic mass is 16.4. The lowest BCUT2D eigenvalue weighted by atomic mass is 9.99. The van der Waals surface area contributed by atoms with Crippen molar-refractivity contribution in [3.8, 4) is 11.5 Å². The maximum absolute atomic E-state index is 11.2. The van der Waals surface area contributed by atoms with Crippen molar-refractivity contribution in [3.05, 3.63) is 53.9 Å². The molecule has 0 saturated heterocycles. The predicted octanol–water partition coefficient (Wildman–Crippen LogP) is 3.50. The van der Waals surface area contributed by atoms with E-state index < -0.39 is 5.97 Å². The summed E-state index contributed by atoms with van der Waals surface area (Å²) in [6.07, 6.45) is 1.65. The van der Waals surface area contributed by atoms with Gasteiger partial charge in [0.05, 0.1) is 11.8 Å². The van der Waals surface area contributed by atoms with Crippen molar-refractivity contribution in [2.45, 2.75) is 6.92 Å². The molecule has 1 heterocycles. The van der Waals surface area contributed by atoms with Crippen molar-refractivity contribution in [3.63, 3.8) is 0 Å². The van der Waals surface area contributed by atoms with Gasteiger partial charge in [-0.25, -0.2) is 9.78 Å². The highest BCUT2D eigenvalue weighted by molar-refractivity contribution is 6.07. The third kappa shape index (κ3) is 1.87. The topological polar surface area (TPSA) is 63.3 Å². The molecule has 0 spiro atoms. The Labute approximate surface area is 109 Å². The first-order chi connectivity index (χ1) is 9.16. The smallest absolute Gasteiger partial charge is 0.336 e. The molecule has 2 aromatic carbocycles. The number of aromatic nitrogens is 1. The molecule has 3 aromatic rings. The number of hydrogen-bond acceptors (Lipinski definition) is 3. The fourth-order valence-electron chi connectivity index (χ4n) is 2.15. The summed E-state index contributed by atoms with van der Waals surface area (Å²) in [6, 6.07) is 10.7. The fourth-order valence-corrected chi connectivity index (χ4v) is 2.15. The minimum Gasteiger partial charge on any atom is -0.478 e. The summed E-state index contributed by atoms with van der Waals surface area (Å²) in [5, 5.41) is 10.7. The molecule has 0 fully saturated rings. The Morgan fingerprint density at radius 1 is 1.16 bits per heavy atom. The van der Waals surface area contributed by atoms with Crippen molar-refractivity contribution >= 4 is 16.7 Å². The van der Waals surface area contributed by atoms with Crippen LogP contribution in [0.3, 0.4) is 0 Å². The van der Waals surface area contributed by atoms with Gasteiger partial charge in [-0.15, -0.1) is 0 Å². The average Bonchev–Trinajstić information content (AvgIpc) is 2.83. The third-order valence-corrected chi connectivity index (χ3v) is 3.01. The highest BCUT2D eigenvalue weighted by Crippen LogP contribution is 2.30. The minimum atomic E-state index is -0.939. The van der Waals surface area contributed by atoms with E-state index in [0.29, 0.717) is 11.3 Å². The molecule has 0 aliphatic carbocycles. The number of benzene rings is 2. The van der Waals surface area contributed by atoms with E-state index in [1.165, 1.54) is 0 Å². The first kappa shape index (κ1) is 11.5. The summed E-state index contributed by atoms with van der Waals surface area (Å²) in [6.45, 7) is 1.82. The van der Waals surface area contributed by atoms with Gasteiger partial charge in [0.1, 0.15) is 5.76 Å². The second-order valence-electron chi connectivity index (χ2n) is 4.29. The van der Waals surface area contributed by atoms with E-state index in [0.717, 1.165) is 16.7 Å². The molecule has 0 radical (unpaired) electrons. The van der Waals surface area contributed by atoms with Crippen molar-refractivity contribution in [1.29, 1.82) is 0 Å². The fraction of sp³-hybridized carbons (Fsp3) is 0.0667. The zero-order valence-corrected chi connectivity index (χ0v) is 10.3. The monoisotopic (exact) mass is 253 g/mol. The molecule has 1 aromatic heterocycles. The van der Waals surface area contributed by atoms with Gasteiger partial charge in [0.25, 0.3) is 0 Å². The van der Waals surface area contributed by atoms with Gasteiger partial charge in [-0.1, -0.05) is 24.3 Å². The molecule has 0 bridgehead atoms. The van der Waals surface area contributed by atoms with Gasteiger partial charge in [0, 0.05) is 5.56 Å². The van der Waals surface area contributed by atoms with Crippen LogP contribution in [0.25, 0.3) is 22.2 Å². The van der Waals surface area contributed by atoms with Crippen LogP contribution in [0.1, 0.15) is 16.1 Å². The first-order valence-electron chi connectivity index (χ1n) is 5.84. The van der Waals surface area contributed by atoms with Crippen LogP contribution in [0, 0.1) is 6.92 Å². The molecule has 0 unspecified atom stereocenters. The van der Waals surface area contributed by atoms with Crippen molar-refractivity contribution in [2.75, 3.05) is 0 Å². The van der Waals surface area contributed by atoms with Gasteiger partial charge in [-0.2, -0.15) is 0 Å². The minimum absolute atomic E-state index is 0.280. The lowest BCUT2D eigenvalue weighted by molar-refractivity contribution is 0.0699. The lowest BCUT2D eigenvalue weighted by Crippen LogP contribution is -1.98. The van der Waals surface area contributed by atoms with E-state index in [4.69, 9.17) is 4.42 Å². The van der Waals surface area contributed by atoms with Crippen molar-refractivity contribution < 1.29 is 14.3 Å². The Morgan fingerprint density at radius 3 is 2.53 bits per heavy atom. The Morgan fingerprint density at radius 2 is 1.89 bits per heavy atom. The van der Waals surface area contributed by atoms with Crippen LogP contribution in [0.5, 0.6) is 0 Å². The second-order valence-corrected chi connectivity index (χ2v) is 4.29. The van der Waals surface area contributed by atoms with E-state index in [1.54, 1.807) is 24.4 Å². The number of hydrogen-bond donors (Lipinski definition) is 1. The van der Waals surface area contributed by atoms with Crippen LogP contribution < -0.4 is 0 Å². The number of nitrogens with zero attached hydrogens (tertiary/aromatic N) is 1. The summed E-state index contributed by atoms with van der Waals surface area (Å²) in [7, 11) is 0. The predicted molar refractivity (Wildman–Crippen MR) is 71.1 cm³/mol. The number of aryl methyl sites for hydroxylation is 1. The summed E-state index contributed by atoms with van der Waals surface area (Å²) >= 11 is 0. The quantitative estimate of drug-likeness (QED) is 0.759. The van der Waals surface area contributed by atoms with Gasteiger partial charge in [-0.3, -0.25) is 0 Å². The van der Waals surface area contributed by atoms with Gasteiger partial charge in [-0.05, 0) is 29.8 Å². The molecular weight excluding hydrogens is 242 g/mol. The van der Waals surface area contributed by atoms with E-state index in [1.807, 2.05) is 25.1 Å². The number of carboxylic acids is 1. The van der Waals surface area contributed by atoms with Crippen molar-refractivity contribution in [1.82, 2.24) is 4.98 Å². The van der Waals surface area contributed by atoms with Gasteiger partial charge >= 0.3 is 5.97 Å². The van der Waals surface area contributed by atoms with E-state index >= 15 is 0 Å². The summed E-state index contributed by atoms with van der Waals surface area (Å²) in [5.74, 6) is 0.290. The Balaban J connectivity index is 2.34. The number of fused-ring (bicyclic) bond motifs is 1. The molecule has 0 atom stereocenters. The van der Waals surface area contributed by atoms with Crippen LogP contribution in [0.2, 0.25) is 0 Å². The number of rotatable bonds is 2. The number of carbonyl (C=O) groups is 1. The Bertz CT molecular complexity index is 774. The summed E-state index contributed by atoms with van der Waals surface area (Å²) < 4.78 is 5.52. The van der Waals surface area contributed by atoms with Crippen LogP contribution >= 0.6 is 0 Å².